The molecule has 1 heterocycles. The van der Waals surface area contributed by atoms with E-state index in [1.54, 1.807) is 7.11 Å². The first-order valence-corrected chi connectivity index (χ1v) is 5.47. The largest absolute Gasteiger partial charge is 0.497 e. The normalized spacial score (nSPS) is 18.6. The van der Waals surface area contributed by atoms with E-state index < -0.39 is 0 Å². The Morgan fingerprint density at radius 3 is 3.00 bits per heavy atom. The number of hydrogen-bond acceptors (Lipinski definition) is 2. The summed E-state index contributed by atoms with van der Waals surface area (Å²) in [4.78, 5) is 0. The van der Waals surface area contributed by atoms with Gasteiger partial charge in [-0.1, -0.05) is 12.1 Å². The highest BCUT2D eigenvalue weighted by atomic mass is 16.5. The number of hydrogen-bond donors (Lipinski definition) is 1. The molecular weight excluding hydrogens is 186 g/mol. The first-order chi connectivity index (χ1) is 7.38. The lowest BCUT2D eigenvalue weighted by molar-refractivity contribution is 0.414. The maximum atomic E-state index is 5.19. The number of benzene rings is 1. The highest BCUT2D eigenvalue weighted by molar-refractivity contribution is 5.54. The van der Waals surface area contributed by atoms with Crippen molar-refractivity contribution in [3.63, 3.8) is 0 Å². The lowest BCUT2D eigenvalue weighted by Crippen LogP contribution is -2.19. The summed E-state index contributed by atoms with van der Waals surface area (Å²) in [5, 5.41) is 3.43. The second-order valence-corrected chi connectivity index (χ2v) is 3.83. The van der Waals surface area contributed by atoms with Gasteiger partial charge in [-0.3, -0.25) is 0 Å². The zero-order valence-corrected chi connectivity index (χ0v) is 9.12. The Kier molecular flexibility index (Phi) is 3.28. The van der Waals surface area contributed by atoms with Crippen LogP contribution >= 0.6 is 0 Å². The standard InChI is InChI=1S/C13H17NO/c1-15-13-7-4-5-11(10-13)9-12-6-2-3-8-14-12/h4-5,7,9-10,14H,2-3,6,8H2,1H3/b12-9-. The van der Waals surface area contributed by atoms with Gasteiger partial charge in [-0.05, 0) is 43.0 Å². The lowest BCUT2D eigenvalue weighted by Gasteiger charge is -2.16. The van der Waals surface area contributed by atoms with Gasteiger partial charge < -0.3 is 10.1 Å². The zero-order valence-electron chi connectivity index (χ0n) is 9.12. The third-order valence-electron chi connectivity index (χ3n) is 2.66. The molecule has 80 valence electrons. The fourth-order valence-corrected chi connectivity index (χ4v) is 1.83. The van der Waals surface area contributed by atoms with Crippen LogP contribution < -0.4 is 10.1 Å². The second-order valence-electron chi connectivity index (χ2n) is 3.83. The number of ether oxygens (including phenoxy) is 1. The minimum atomic E-state index is 0.917. The molecule has 0 atom stereocenters. The van der Waals surface area contributed by atoms with Gasteiger partial charge in [0.15, 0.2) is 0 Å². The first-order valence-electron chi connectivity index (χ1n) is 5.47. The van der Waals surface area contributed by atoms with E-state index in [-0.39, 0.29) is 0 Å². The van der Waals surface area contributed by atoms with Gasteiger partial charge in [-0.25, -0.2) is 0 Å². The van der Waals surface area contributed by atoms with Gasteiger partial charge >= 0.3 is 0 Å². The monoisotopic (exact) mass is 203 g/mol. The molecule has 1 N–H and O–H groups in total. The van der Waals surface area contributed by atoms with Crippen LogP contribution in [0.25, 0.3) is 6.08 Å². The highest BCUT2D eigenvalue weighted by Gasteiger charge is 2.03. The van der Waals surface area contributed by atoms with Crippen LogP contribution in [0, 0.1) is 0 Å². The molecule has 1 saturated heterocycles. The Bertz CT molecular complexity index is 349. The van der Waals surface area contributed by atoms with Gasteiger partial charge in [-0.15, -0.1) is 0 Å². The van der Waals surface area contributed by atoms with Crippen molar-refractivity contribution in [3.05, 3.63) is 35.5 Å². The topological polar surface area (TPSA) is 21.3 Å². The Hall–Kier alpha value is -1.44. The van der Waals surface area contributed by atoms with Gasteiger partial charge in [-0.2, -0.15) is 0 Å². The van der Waals surface area contributed by atoms with Crippen molar-refractivity contribution in [2.24, 2.45) is 0 Å². The van der Waals surface area contributed by atoms with Crippen LogP contribution in [0.3, 0.4) is 0 Å². The summed E-state index contributed by atoms with van der Waals surface area (Å²) in [5.41, 5.74) is 2.55. The number of methoxy groups -OCH3 is 1. The van der Waals surface area contributed by atoms with Gasteiger partial charge in [0.25, 0.3) is 0 Å². The van der Waals surface area contributed by atoms with Crippen molar-refractivity contribution < 1.29 is 4.74 Å². The maximum Gasteiger partial charge on any atom is 0.119 e. The van der Waals surface area contributed by atoms with Crippen LogP contribution in [0.4, 0.5) is 0 Å². The number of nitrogens with one attached hydrogen (secondary N) is 1. The highest BCUT2D eigenvalue weighted by Crippen LogP contribution is 2.18. The average Bonchev–Trinajstić information content (AvgIpc) is 2.31. The fraction of sp³-hybridized carbons (Fsp3) is 0.385. The molecule has 1 aliphatic rings. The molecule has 2 nitrogen and oxygen atoms in total. The third-order valence-corrected chi connectivity index (χ3v) is 2.66. The molecule has 0 amide bonds. The molecule has 1 aliphatic heterocycles. The first kappa shape index (κ1) is 10.1. The van der Waals surface area contributed by atoms with E-state index in [4.69, 9.17) is 4.74 Å². The van der Waals surface area contributed by atoms with E-state index in [1.807, 2.05) is 12.1 Å². The van der Waals surface area contributed by atoms with E-state index in [2.05, 4.69) is 23.5 Å². The lowest BCUT2D eigenvalue weighted by atomic mass is 10.1. The maximum absolute atomic E-state index is 5.19. The van der Waals surface area contributed by atoms with Gasteiger partial charge in [0.2, 0.25) is 0 Å². The van der Waals surface area contributed by atoms with Crippen LogP contribution in [-0.4, -0.2) is 13.7 Å². The van der Waals surface area contributed by atoms with Crippen molar-refractivity contribution >= 4 is 6.08 Å². The molecule has 2 heteroatoms. The summed E-state index contributed by atoms with van der Waals surface area (Å²) < 4.78 is 5.19. The summed E-state index contributed by atoms with van der Waals surface area (Å²) in [7, 11) is 1.70. The smallest absolute Gasteiger partial charge is 0.119 e. The molecule has 2 rings (SSSR count). The van der Waals surface area contributed by atoms with Crippen molar-refractivity contribution in [2.45, 2.75) is 19.3 Å². The molecule has 0 unspecified atom stereocenters. The van der Waals surface area contributed by atoms with Crippen molar-refractivity contribution in [3.8, 4) is 5.75 Å². The third kappa shape index (κ3) is 2.75. The molecule has 1 aromatic carbocycles. The predicted molar refractivity (Wildman–Crippen MR) is 62.8 cm³/mol. The van der Waals surface area contributed by atoms with Gasteiger partial charge in [0.05, 0.1) is 7.11 Å². The number of piperidine rings is 1. The molecule has 1 fully saturated rings. The van der Waals surface area contributed by atoms with Crippen LogP contribution in [-0.2, 0) is 0 Å². The van der Waals surface area contributed by atoms with E-state index in [0.717, 1.165) is 18.7 Å². The summed E-state index contributed by atoms with van der Waals surface area (Å²) >= 11 is 0. The van der Waals surface area contributed by atoms with E-state index in [9.17, 15) is 0 Å². The van der Waals surface area contributed by atoms with Gasteiger partial charge in [0, 0.05) is 12.2 Å². The van der Waals surface area contributed by atoms with Crippen molar-refractivity contribution in [1.82, 2.24) is 5.32 Å². The molecule has 15 heavy (non-hydrogen) atoms. The average molecular weight is 203 g/mol. The quantitative estimate of drug-likeness (QED) is 0.798. The molecule has 0 aliphatic carbocycles. The molecule has 1 aromatic rings. The van der Waals surface area contributed by atoms with E-state index in [1.165, 1.54) is 24.1 Å². The van der Waals surface area contributed by atoms with Crippen LogP contribution in [0.1, 0.15) is 24.8 Å². The summed E-state index contributed by atoms with van der Waals surface area (Å²) in [6.07, 6.45) is 5.96. The molecule has 0 aromatic heterocycles. The second kappa shape index (κ2) is 4.87. The molecular formula is C13H17NO. The minimum Gasteiger partial charge on any atom is -0.497 e. The minimum absolute atomic E-state index is 0.917. The number of allylic oxidation sites excluding steroid dienone is 1. The summed E-state index contributed by atoms with van der Waals surface area (Å²) in [5.74, 6) is 0.917. The predicted octanol–water partition coefficient (Wildman–Crippen LogP) is 2.81. The summed E-state index contributed by atoms with van der Waals surface area (Å²) in [6, 6.07) is 8.15. The zero-order chi connectivity index (χ0) is 10.5. The van der Waals surface area contributed by atoms with Crippen molar-refractivity contribution in [2.75, 3.05) is 13.7 Å². The van der Waals surface area contributed by atoms with Crippen LogP contribution in [0.2, 0.25) is 0 Å². The number of rotatable bonds is 2. The molecule has 0 radical (unpaired) electrons. The Morgan fingerprint density at radius 1 is 1.33 bits per heavy atom. The van der Waals surface area contributed by atoms with Crippen molar-refractivity contribution in [1.29, 1.82) is 0 Å². The SMILES string of the molecule is COc1cccc(/C=C2/CCCCN2)c1. The Balaban J connectivity index is 2.14. The van der Waals surface area contributed by atoms with E-state index in [0.29, 0.717) is 0 Å². The van der Waals surface area contributed by atoms with Crippen LogP contribution in [0.15, 0.2) is 30.0 Å². The van der Waals surface area contributed by atoms with Crippen LogP contribution in [0.5, 0.6) is 5.75 Å². The van der Waals surface area contributed by atoms with Gasteiger partial charge in [0.1, 0.15) is 5.75 Å². The molecule has 0 spiro atoms. The Labute approximate surface area is 91.0 Å². The van der Waals surface area contributed by atoms with E-state index >= 15 is 0 Å². The summed E-state index contributed by atoms with van der Waals surface area (Å²) in [6.45, 7) is 1.11. The molecule has 0 bridgehead atoms. The molecule has 0 saturated carbocycles. The Morgan fingerprint density at radius 2 is 2.27 bits per heavy atom. The fourth-order valence-electron chi connectivity index (χ4n) is 1.83.